The van der Waals surface area contributed by atoms with Gasteiger partial charge in [-0.3, -0.25) is 9.36 Å². The molecule has 1 N–H and O–H groups in total. The van der Waals surface area contributed by atoms with E-state index in [1.54, 1.807) is 18.9 Å². The number of hydrogen-bond donors (Lipinski definition) is 1. The number of nitrogens with zero attached hydrogens (tertiary/aromatic N) is 3. The molecule has 6 nitrogen and oxygen atoms in total. The molecule has 0 radical (unpaired) electrons. The first-order valence-corrected chi connectivity index (χ1v) is 12.6. The molecule has 0 aliphatic heterocycles. The van der Waals surface area contributed by atoms with Gasteiger partial charge in [0.25, 0.3) is 0 Å². The van der Waals surface area contributed by atoms with Gasteiger partial charge in [0.05, 0.1) is 20.1 Å². The predicted octanol–water partition coefficient (Wildman–Crippen LogP) is 5.50. The van der Waals surface area contributed by atoms with Gasteiger partial charge in [0.1, 0.15) is 5.75 Å². The summed E-state index contributed by atoms with van der Waals surface area (Å²) in [4.78, 5) is 12.6. The number of carbonyl (C=O) groups is 1. The Kier molecular flexibility index (Phi) is 8.03. The molecule has 1 aromatic heterocycles. The highest BCUT2D eigenvalue weighted by Crippen LogP contribution is 2.26. The fourth-order valence-electron chi connectivity index (χ4n) is 3.43. The van der Waals surface area contributed by atoms with Crippen LogP contribution in [0.3, 0.4) is 0 Å². The Hall–Kier alpha value is -3.10. The third kappa shape index (κ3) is 6.27. The maximum Gasteiger partial charge on any atom is 0.224 e. The van der Waals surface area contributed by atoms with E-state index >= 15 is 0 Å². The van der Waals surface area contributed by atoms with Crippen LogP contribution in [0.2, 0.25) is 0 Å². The van der Waals surface area contributed by atoms with Crippen LogP contribution in [-0.4, -0.2) is 27.8 Å². The van der Waals surface area contributed by atoms with Crippen LogP contribution < -0.4 is 10.1 Å². The van der Waals surface area contributed by atoms with Crippen molar-refractivity contribution >= 4 is 33.6 Å². The number of hydrogen-bond acceptors (Lipinski definition) is 5. The van der Waals surface area contributed by atoms with Crippen molar-refractivity contribution in [3.63, 3.8) is 0 Å². The minimum Gasteiger partial charge on any atom is -0.497 e. The van der Waals surface area contributed by atoms with Gasteiger partial charge in [0.15, 0.2) is 11.0 Å². The first-order chi connectivity index (χ1) is 16.5. The number of methoxy groups -OCH3 is 1. The van der Waals surface area contributed by atoms with E-state index in [0.717, 1.165) is 37.9 Å². The van der Waals surface area contributed by atoms with Crippen LogP contribution in [0.15, 0.2) is 82.4 Å². The number of benzene rings is 3. The van der Waals surface area contributed by atoms with Crippen molar-refractivity contribution < 1.29 is 9.53 Å². The zero-order valence-electron chi connectivity index (χ0n) is 19.0. The van der Waals surface area contributed by atoms with Gasteiger partial charge in [-0.1, -0.05) is 64.1 Å². The highest BCUT2D eigenvalue weighted by molar-refractivity contribution is 9.10. The highest BCUT2D eigenvalue weighted by atomic mass is 79.9. The second-order valence-electron chi connectivity index (χ2n) is 7.79. The van der Waals surface area contributed by atoms with Gasteiger partial charge in [-0.2, -0.15) is 0 Å². The van der Waals surface area contributed by atoms with Gasteiger partial charge < -0.3 is 10.1 Å². The zero-order chi connectivity index (χ0) is 23.9. The number of aromatic nitrogens is 3. The molecule has 1 amide bonds. The number of aryl methyl sites for hydroxylation is 1. The van der Waals surface area contributed by atoms with E-state index in [0.29, 0.717) is 5.82 Å². The number of nitrogens with one attached hydrogen (secondary N) is 1. The Morgan fingerprint density at radius 1 is 1.03 bits per heavy atom. The van der Waals surface area contributed by atoms with Crippen LogP contribution in [0.5, 0.6) is 5.75 Å². The van der Waals surface area contributed by atoms with Crippen molar-refractivity contribution in [1.29, 1.82) is 0 Å². The molecule has 8 heteroatoms. The smallest absolute Gasteiger partial charge is 0.224 e. The summed E-state index contributed by atoms with van der Waals surface area (Å²) in [5.41, 5.74) is 4.23. The summed E-state index contributed by atoms with van der Waals surface area (Å²) in [6, 6.07) is 23.9. The molecule has 0 bridgehead atoms. The summed E-state index contributed by atoms with van der Waals surface area (Å²) >= 11 is 5.09. The summed E-state index contributed by atoms with van der Waals surface area (Å²) in [6.45, 7) is 2.34. The quantitative estimate of drug-likeness (QED) is 0.286. The third-order valence-corrected chi connectivity index (χ3v) is 6.74. The largest absolute Gasteiger partial charge is 0.497 e. The number of carbonyl (C=O) groups excluding carboxylic acids is 1. The lowest BCUT2D eigenvalue weighted by Crippen LogP contribution is -2.26. The molecule has 4 rings (SSSR count). The van der Waals surface area contributed by atoms with Crippen LogP contribution >= 0.6 is 27.7 Å². The average molecular weight is 537 g/mol. The number of ether oxygens (including phenoxy) is 1. The third-order valence-electron chi connectivity index (χ3n) is 5.21. The Morgan fingerprint density at radius 3 is 2.47 bits per heavy atom. The Balaban J connectivity index is 1.49. The molecular weight excluding hydrogens is 512 g/mol. The van der Waals surface area contributed by atoms with Crippen molar-refractivity contribution in [1.82, 2.24) is 20.1 Å². The monoisotopic (exact) mass is 536 g/mol. The van der Waals surface area contributed by atoms with Crippen LogP contribution in [-0.2, 0) is 23.5 Å². The van der Waals surface area contributed by atoms with Crippen molar-refractivity contribution in [3.8, 4) is 11.4 Å². The normalized spacial score (nSPS) is 10.8. The standard InChI is InChI=1S/C26H25BrN4O2S/c1-18-4-3-5-22(14-18)31-24(16-28-25(32)15-19-8-12-23(33-2)13-9-19)29-30-26(31)34-17-20-6-10-21(27)11-7-20/h3-14H,15-17H2,1-2H3,(H,28,32). The van der Waals surface area contributed by atoms with Crippen molar-refractivity contribution in [3.05, 3.63) is 99.8 Å². The lowest BCUT2D eigenvalue weighted by Gasteiger charge is -2.12. The van der Waals surface area contributed by atoms with Gasteiger partial charge in [-0.05, 0) is 60.0 Å². The molecular formula is C26H25BrN4O2S. The summed E-state index contributed by atoms with van der Waals surface area (Å²) in [5, 5.41) is 12.6. The fourth-order valence-corrected chi connectivity index (χ4v) is 4.62. The topological polar surface area (TPSA) is 69.0 Å². The van der Waals surface area contributed by atoms with E-state index in [-0.39, 0.29) is 18.9 Å². The second kappa shape index (κ2) is 11.4. The summed E-state index contributed by atoms with van der Waals surface area (Å²) in [6.07, 6.45) is 0.285. The Bertz CT molecular complexity index is 1260. The van der Waals surface area contributed by atoms with Crippen molar-refractivity contribution in [2.75, 3.05) is 7.11 Å². The van der Waals surface area contributed by atoms with Gasteiger partial charge >= 0.3 is 0 Å². The average Bonchev–Trinajstić information content (AvgIpc) is 3.26. The molecule has 0 saturated carbocycles. The van der Waals surface area contributed by atoms with E-state index in [1.165, 1.54) is 5.56 Å². The van der Waals surface area contributed by atoms with E-state index in [4.69, 9.17) is 4.74 Å². The molecule has 1 heterocycles. The molecule has 174 valence electrons. The molecule has 0 spiro atoms. The minimum atomic E-state index is -0.0759. The van der Waals surface area contributed by atoms with E-state index in [1.807, 2.05) is 53.1 Å². The fraction of sp³-hybridized carbons (Fsp3) is 0.192. The van der Waals surface area contributed by atoms with Crippen LogP contribution in [0.25, 0.3) is 5.69 Å². The molecule has 0 aliphatic carbocycles. The molecule has 0 saturated heterocycles. The zero-order valence-corrected chi connectivity index (χ0v) is 21.4. The van der Waals surface area contributed by atoms with Crippen LogP contribution in [0, 0.1) is 6.92 Å². The summed E-state index contributed by atoms with van der Waals surface area (Å²) in [7, 11) is 1.62. The van der Waals surface area contributed by atoms with Gasteiger partial charge in [0.2, 0.25) is 5.91 Å². The van der Waals surface area contributed by atoms with Crippen molar-refractivity contribution in [2.24, 2.45) is 0 Å². The summed E-state index contributed by atoms with van der Waals surface area (Å²) < 4.78 is 8.25. The number of thioether (sulfide) groups is 1. The highest BCUT2D eigenvalue weighted by Gasteiger charge is 2.16. The van der Waals surface area contributed by atoms with E-state index in [9.17, 15) is 4.79 Å². The molecule has 3 aromatic carbocycles. The molecule has 0 atom stereocenters. The predicted molar refractivity (Wildman–Crippen MR) is 138 cm³/mol. The first-order valence-electron chi connectivity index (χ1n) is 10.8. The van der Waals surface area contributed by atoms with Gasteiger partial charge in [0, 0.05) is 15.9 Å². The molecule has 4 aromatic rings. The maximum absolute atomic E-state index is 12.6. The van der Waals surface area contributed by atoms with Gasteiger partial charge in [-0.15, -0.1) is 10.2 Å². The summed E-state index contributed by atoms with van der Waals surface area (Å²) in [5.74, 6) is 2.14. The van der Waals surface area contributed by atoms with Crippen molar-refractivity contribution in [2.45, 2.75) is 30.8 Å². The molecule has 0 fully saturated rings. The lowest BCUT2D eigenvalue weighted by molar-refractivity contribution is -0.120. The SMILES string of the molecule is COc1ccc(CC(=O)NCc2nnc(SCc3ccc(Br)cc3)n2-c2cccc(C)c2)cc1. The molecule has 34 heavy (non-hydrogen) atoms. The Morgan fingerprint density at radius 2 is 1.76 bits per heavy atom. The number of amides is 1. The first kappa shape index (κ1) is 24.0. The maximum atomic E-state index is 12.6. The Labute approximate surface area is 211 Å². The minimum absolute atomic E-state index is 0.0759. The number of halogens is 1. The second-order valence-corrected chi connectivity index (χ2v) is 9.65. The van der Waals surface area contributed by atoms with Crippen LogP contribution in [0.4, 0.5) is 0 Å². The van der Waals surface area contributed by atoms with E-state index in [2.05, 4.69) is 62.6 Å². The van der Waals surface area contributed by atoms with Crippen LogP contribution in [0.1, 0.15) is 22.5 Å². The molecule has 0 aliphatic rings. The lowest BCUT2D eigenvalue weighted by atomic mass is 10.1. The number of rotatable bonds is 9. The van der Waals surface area contributed by atoms with E-state index < -0.39 is 0 Å². The van der Waals surface area contributed by atoms with Gasteiger partial charge in [-0.25, -0.2) is 0 Å². The molecule has 0 unspecified atom stereocenters.